The Bertz CT molecular complexity index is 381. The summed E-state index contributed by atoms with van der Waals surface area (Å²) in [5.41, 5.74) is 6.30. The van der Waals surface area contributed by atoms with Crippen LogP contribution in [0.25, 0.3) is 0 Å². The number of hydrogen-bond donors (Lipinski definition) is 1. The number of hydrogen-bond acceptors (Lipinski definition) is 4. The Morgan fingerprint density at radius 1 is 1.50 bits per heavy atom. The van der Waals surface area contributed by atoms with Crippen molar-refractivity contribution in [2.24, 2.45) is 5.73 Å². The second-order valence-corrected chi connectivity index (χ2v) is 3.30. The van der Waals surface area contributed by atoms with Crippen molar-refractivity contribution in [1.82, 2.24) is 0 Å². The van der Waals surface area contributed by atoms with Crippen LogP contribution in [0.1, 0.15) is 5.56 Å². The SMILES string of the molecule is COC(=O)[C@H](N)Cc1ccc(F)c(OC)c1. The van der Waals surface area contributed by atoms with Gasteiger partial charge in [-0.3, -0.25) is 4.79 Å². The molecule has 0 fully saturated rings. The molecule has 0 radical (unpaired) electrons. The molecular formula is C11H14FNO3. The van der Waals surface area contributed by atoms with Gasteiger partial charge in [0, 0.05) is 0 Å². The number of halogens is 1. The van der Waals surface area contributed by atoms with Crippen molar-refractivity contribution in [2.45, 2.75) is 12.5 Å². The van der Waals surface area contributed by atoms with E-state index in [2.05, 4.69) is 4.74 Å². The van der Waals surface area contributed by atoms with E-state index in [1.165, 1.54) is 26.4 Å². The molecule has 4 nitrogen and oxygen atoms in total. The standard InChI is InChI=1S/C11H14FNO3/c1-15-10-6-7(3-4-8(10)12)5-9(13)11(14)16-2/h3-4,6,9H,5,13H2,1-2H3/t9-/m1/s1. The minimum absolute atomic E-state index is 0.134. The van der Waals surface area contributed by atoms with Crippen molar-refractivity contribution in [3.05, 3.63) is 29.6 Å². The quantitative estimate of drug-likeness (QED) is 0.775. The van der Waals surface area contributed by atoms with Crippen LogP contribution in [0.5, 0.6) is 5.75 Å². The van der Waals surface area contributed by atoms with E-state index in [1.54, 1.807) is 6.07 Å². The van der Waals surface area contributed by atoms with Crippen molar-refractivity contribution < 1.29 is 18.7 Å². The zero-order valence-corrected chi connectivity index (χ0v) is 9.20. The summed E-state index contributed by atoms with van der Waals surface area (Å²) in [5, 5.41) is 0. The highest BCUT2D eigenvalue weighted by molar-refractivity contribution is 5.75. The molecule has 88 valence electrons. The second-order valence-electron chi connectivity index (χ2n) is 3.30. The fraction of sp³-hybridized carbons (Fsp3) is 0.364. The van der Waals surface area contributed by atoms with Crippen molar-refractivity contribution in [1.29, 1.82) is 0 Å². The summed E-state index contributed by atoms with van der Waals surface area (Å²) in [7, 11) is 2.65. The van der Waals surface area contributed by atoms with E-state index < -0.39 is 17.8 Å². The van der Waals surface area contributed by atoms with Gasteiger partial charge in [0.05, 0.1) is 14.2 Å². The lowest BCUT2D eigenvalue weighted by atomic mass is 10.1. The van der Waals surface area contributed by atoms with Gasteiger partial charge in [0.15, 0.2) is 11.6 Å². The average Bonchev–Trinajstić information content (AvgIpc) is 2.30. The van der Waals surface area contributed by atoms with E-state index in [4.69, 9.17) is 10.5 Å². The largest absolute Gasteiger partial charge is 0.494 e. The van der Waals surface area contributed by atoms with Crippen molar-refractivity contribution >= 4 is 5.97 Å². The molecule has 0 unspecified atom stereocenters. The van der Waals surface area contributed by atoms with Crippen molar-refractivity contribution in [2.75, 3.05) is 14.2 Å². The van der Waals surface area contributed by atoms with Gasteiger partial charge >= 0.3 is 5.97 Å². The molecule has 5 heteroatoms. The van der Waals surface area contributed by atoms with E-state index in [0.717, 1.165) is 5.56 Å². The van der Waals surface area contributed by atoms with Gasteiger partial charge in [-0.15, -0.1) is 0 Å². The molecular weight excluding hydrogens is 213 g/mol. The van der Waals surface area contributed by atoms with E-state index in [-0.39, 0.29) is 12.2 Å². The number of esters is 1. The van der Waals surface area contributed by atoms with Crippen molar-refractivity contribution in [3.8, 4) is 5.75 Å². The number of nitrogens with two attached hydrogens (primary N) is 1. The molecule has 0 aliphatic carbocycles. The predicted octanol–water partition coefficient (Wildman–Crippen LogP) is 0.877. The minimum Gasteiger partial charge on any atom is -0.494 e. The molecule has 0 spiro atoms. The molecule has 0 heterocycles. The number of benzene rings is 1. The predicted molar refractivity (Wildman–Crippen MR) is 56.6 cm³/mol. The molecule has 0 bridgehead atoms. The first-order valence-corrected chi connectivity index (χ1v) is 4.74. The van der Waals surface area contributed by atoms with E-state index >= 15 is 0 Å². The Labute approximate surface area is 93.2 Å². The van der Waals surface area contributed by atoms with E-state index in [9.17, 15) is 9.18 Å². The summed E-state index contributed by atoms with van der Waals surface area (Å²) in [5.74, 6) is -0.809. The third-order valence-electron chi connectivity index (χ3n) is 2.18. The smallest absolute Gasteiger partial charge is 0.322 e. The maximum Gasteiger partial charge on any atom is 0.322 e. The Morgan fingerprint density at radius 2 is 2.19 bits per heavy atom. The molecule has 0 amide bonds. The van der Waals surface area contributed by atoms with Crippen LogP contribution in [0.4, 0.5) is 4.39 Å². The molecule has 1 rings (SSSR count). The fourth-order valence-corrected chi connectivity index (χ4v) is 1.32. The van der Waals surface area contributed by atoms with Crippen LogP contribution < -0.4 is 10.5 Å². The van der Waals surface area contributed by atoms with Gasteiger partial charge in [-0.2, -0.15) is 0 Å². The van der Waals surface area contributed by atoms with Gasteiger partial charge in [0.25, 0.3) is 0 Å². The lowest BCUT2D eigenvalue weighted by Gasteiger charge is -2.10. The van der Waals surface area contributed by atoms with Crippen LogP contribution in [0.2, 0.25) is 0 Å². The third kappa shape index (κ3) is 2.93. The van der Waals surface area contributed by atoms with Gasteiger partial charge in [-0.05, 0) is 24.1 Å². The summed E-state index contributed by atoms with van der Waals surface area (Å²) >= 11 is 0. The molecule has 16 heavy (non-hydrogen) atoms. The second kappa shape index (κ2) is 5.46. The highest BCUT2D eigenvalue weighted by Crippen LogP contribution is 2.18. The molecule has 2 N–H and O–H groups in total. The van der Waals surface area contributed by atoms with Crippen LogP contribution in [-0.2, 0) is 16.0 Å². The lowest BCUT2D eigenvalue weighted by molar-refractivity contribution is -0.142. The van der Waals surface area contributed by atoms with Gasteiger partial charge < -0.3 is 15.2 Å². The maximum atomic E-state index is 13.1. The first-order chi connectivity index (χ1) is 7.58. The number of rotatable bonds is 4. The normalized spacial score (nSPS) is 12.0. The summed E-state index contributed by atoms with van der Waals surface area (Å²) < 4.78 is 22.4. The maximum absolute atomic E-state index is 13.1. The van der Waals surface area contributed by atoms with E-state index in [0.29, 0.717) is 0 Å². The summed E-state index contributed by atoms with van der Waals surface area (Å²) in [4.78, 5) is 11.1. The van der Waals surface area contributed by atoms with Gasteiger partial charge in [0.2, 0.25) is 0 Å². The number of ether oxygens (including phenoxy) is 2. The van der Waals surface area contributed by atoms with Gasteiger partial charge in [0.1, 0.15) is 6.04 Å². The molecule has 0 aliphatic rings. The topological polar surface area (TPSA) is 61.5 Å². The summed E-state index contributed by atoms with van der Waals surface area (Å²) in [6.07, 6.45) is 0.281. The summed E-state index contributed by atoms with van der Waals surface area (Å²) in [6.45, 7) is 0. The highest BCUT2D eigenvalue weighted by Gasteiger charge is 2.15. The monoisotopic (exact) mass is 227 g/mol. The summed E-state index contributed by atoms with van der Waals surface area (Å²) in [6, 6.07) is 3.59. The van der Waals surface area contributed by atoms with Crippen LogP contribution in [-0.4, -0.2) is 26.2 Å². The first kappa shape index (κ1) is 12.4. The zero-order chi connectivity index (χ0) is 12.1. The van der Waals surface area contributed by atoms with Crippen molar-refractivity contribution in [3.63, 3.8) is 0 Å². The Kier molecular flexibility index (Phi) is 4.25. The first-order valence-electron chi connectivity index (χ1n) is 4.74. The molecule has 1 atom stereocenters. The lowest BCUT2D eigenvalue weighted by Crippen LogP contribution is -2.33. The molecule has 1 aromatic rings. The number of carbonyl (C=O) groups is 1. The molecule has 0 aliphatic heterocycles. The highest BCUT2D eigenvalue weighted by atomic mass is 19.1. The van der Waals surface area contributed by atoms with Gasteiger partial charge in [-0.25, -0.2) is 4.39 Å². The Morgan fingerprint density at radius 3 is 2.75 bits per heavy atom. The average molecular weight is 227 g/mol. The Balaban J connectivity index is 2.78. The molecule has 0 aromatic heterocycles. The van der Waals surface area contributed by atoms with Crippen LogP contribution >= 0.6 is 0 Å². The van der Waals surface area contributed by atoms with Gasteiger partial charge in [-0.1, -0.05) is 6.07 Å². The van der Waals surface area contributed by atoms with E-state index in [1.807, 2.05) is 0 Å². The zero-order valence-electron chi connectivity index (χ0n) is 9.20. The molecule has 0 saturated heterocycles. The van der Waals surface area contributed by atoms with Crippen LogP contribution in [0.15, 0.2) is 18.2 Å². The number of carbonyl (C=O) groups excluding carboxylic acids is 1. The molecule has 1 aromatic carbocycles. The fourth-order valence-electron chi connectivity index (χ4n) is 1.32. The minimum atomic E-state index is -0.750. The molecule has 0 saturated carbocycles. The third-order valence-corrected chi connectivity index (χ3v) is 2.18. The number of methoxy groups -OCH3 is 2. The Hall–Kier alpha value is -1.62. The van der Waals surface area contributed by atoms with Crippen LogP contribution in [0, 0.1) is 5.82 Å². The van der Waals surface area contributed by atoms with Crippen LogP contribution in [0.3, 0.4) is 0 Å².